The monoisotopic (exact) mass is 306 g/mol. The van der Waals surface area contributed by atoms with E-state index in [1.165, 1.54) is 51.4 Å². The van der Waals surface area contributed by atoms with Gasteiger partial charge in [0, 0.05) is 0 Å². The van der Waals surface area contributed by atoms with Crippen molar-refractivity contribution in [2.24, 2.45) is 0 Å². The number of aryl methyl sites for hydroxylation is 1. The molecule has 124 valence electrons. The Morgan fingerprint density at radius 1 is 1.00 bits per heavy atom. The van der Waals surface area contributed by atoms with Crippen molar-refractivity contribution in [3.63, 3.8) is 0 Å². The van der Waals surface area contributed by atoms with Crippen molar-refractivity contribution >= 4 is 5.97 Å². The third-order valence-electron chi connectivity index (χ3n) is 4.08. The first-order valence-corrected chi connectivity index (χ1v) is 8.59. The fourth-order valence-electron chi connectivity index (χ4n) is 2.73. The normalized spacial score (nSPS) is 10.6. The number of unbranched alkanes of at least 4 members (excludes halogenated alkanes) is 8. The number of carboxylic acids is 1. The largest absolute Gasteiger partial charge is 0.496 e. The summed E-state index contributed by atoms with van der Waals surface area (Å²) in [5.41, 5.74) is 1.34. The van der Waals surface area contributed by atoms with Crippen LogP contribution in [0.2, 0.25) is 0 Å². The van der Waals surface area contributed by atoms with Gasteiger partial charge in [-0.2, -0.15) is 0 Å². The SMILES string of the molecule is CCCCCCCCCCCc1cc(C(=O)O)ccc1OC. The van der Waals surface area contributed by atoms with E-state index in [2.05, 4.69) is 6.92 Å². The summed E-state index contributed by atoms with van der Waals surface area (Å²) in [5, 5.41) is 9.06. The minimum Gasteiger partial charge on any atom is -0.496 e. The van der Waals surface area contributed by atoms with Gasteiger partial charge in [0.2, 0.25) is 0 Å². The summed E-state index contributed by atoms with van der Waals surface area (Å²) >= 11 is 0. The molecule has 0 aromatic heterocycles. The third-order valence-corrected chi connectivity index (χ3v) is 4.08. The van der Waals surface area contributed by atoms with Gasteiger partial charge in [0.25, 0.3) is 0 Å². The standard InChI is InChI=1S/C19H30O3/c1-3-4-5-6-7-8-9-10-11-12-16-15-17(19(20)21)13-14-18(16)22-2/h13-15H,3-12H2,1-2H3,(H,20,21). The number of carboxylic acid groups (broad SMARTS) is 1. The highest BCUT2D eigenvalue weighted by Crippen LogP contribution is 2.22. The zero-order chi connectivity index (χ0) is 16.2. The number of rotatable bonds is 12. The Kier molecular flexibility index (Phi) is 9.36. The van der Waals surface area contributed by atoms with E-state index in [0.29, 0.717) is 5.56 Å². The molecule has 0 bridgehead atoms. The molecule has 0 atom stereocenters. The van der Waals surface area contributed by atoms with Crippen LogP contribution in [0.15, 0.2) is 18.2 Å². The molecule has 1 N–H and O–H groups in total. The van der Waals surface area contributed by atoms with E-state index in [-0.39, 0.29) is 0 Å². The number of carbonyl (C=O) groups is 1. The maximum absolute atomic E-state index is 11.0. The Morgan fingerprint density at radius 2 is 1.59 bits per heavy atom. The van der Waals surface area contributed by atoms with Crippen molar-refractivity contribution in [3.8, 4) is 5.75 Å². The summed E-state index contributed by atoms with van der Waals surface area (Å²) in [4.78, 5) is 11.0. The van der Waals surface area contributed by atoms with Crippen LogP contribution in [0, 0.1) is 0 Å². The van der Waals surface area contributed by atoms with Crippen molar-refractivity contribution in [2.75, 3.05) is 7.11 Å². The van der Waals surface area contributed by atoms with Crippen molar-refractivity contribution in [3.05, 3.63) is 29.3 Å². The Balaban J connectivity index is 2.26. The molecule has 0 aliphatic rings. The Bertz CT molecular complexity index is 440. The summed E-state index contributed by atoms with van der Waals surface area (Å²) in [6, 6.07) is 5.10. The fourth-order valence-corrected chi connectivity index (χ4v) is 2.73. The fraction of sp³-hybridized carbons (Fsp3) is 0.632. The van der Waals surface area contributed by atoms with Crippen LogP contribution in [0.1, 0.15) is 80.6 Å². The molecule has 0 amide bonds. The smallest absolute Gasteiger partial charge is 0.335 e. The zero-order valence-corrected chi connectivity index (χ0v) is 14.1. The Labute approximate surface area is 134 Å². The van der Waals surface area contributed by atoms with E-state index in [1.807, 2.05) is 0 Å². The molecule has 1 aromatic carbocycles. The van der Waals surface area contributed by atoms with Crippen LogP contribution in [0.5, 0.6) is 5.75 Å². The number of hydrogen-bond acceptors (Lipinski definition) is 2. The highest BCUT2D eigenvalue weighted by Gasteiger charge is 2.08. The molecule has 3 heteroatoms. The molecule has 0 saturated carbocycles. The summed E-state index contributed by atoms with van der Waals surface area (Å²) in [7, 11) is 1.63. The first-order valence-electron chi connectivity index (χ1n) is 8.59. The topological polar surface area (TPSA) is 46.5 Å². The summed E-state index contributed by atoms with van der Waals surface area (Å²) in [6.07, 6.45) is 12.5. The minimum atomic E-state index is -0.879. The van der Waals surface area contributed by atoms with Crippen LogP contribution in [-0.4, -0.2) is 18.2 Å². The van der Waals surface area contributed by atoms with E-state index in [0.717, 1.165) is 24.2 Å². The zero-order valence-electron chi connectivity index (χ0n) is 14.1. The maximum atomic E-state index is 11.0. The van der Waals surface area contributed by atoms with Crippen LogP contribution in [0.3, 0.4) is 0 Å². The van der Waals surface area contributed by atoms with Crippen molar-refractivity contribution < 1.29 is 14.6 Å². The van der Waals surface area contributed by atoms with Gasteiger partial charge in [-0.3, -0.25) is 0 Å². The van der Waals surface area contributed by atoms with Crippen molar-refractivity contribution in [1.82, 2.24) is 0 Å². The lowest BCUT2D eigenvalue weighted by molar-refractivity contribution is 0.0696. The van der Waals surface area contributed by atoms with Crippen LogP contribution in [-0.2, 0) is 6.42 Å². The molecule has 0 spiro atoms. The summed E-state index contributed by atoms with van der Waals surface area (Å²) in [6.45, 7) is 2.24. The van der Waals surface area contributed by atoms with Gasteiger partial charge in [-0.1, -0.05) is 58.3 Å². The van der Waals surface area contributed by atoms with E-state index < -0.39 is 5.97 Å². The number of hydrogen-bond donors (Lipinski definition) is 1. The predicted molar refractivity (Wildman–Crippen MR) is 90.9 cm³/mol. The number of benzene rings is 1. The summed E-state index contributed by atoms with van der Waals surface area (Å²) < 4.78 is 5.32. The van der Waals surface area contributed by atoms with E-state index in [9.17, 15) is 4.79 Å². The second-order valence-corrected chi connectivity index (χ2v) is 5.91. The van der Waals surface area contributed by atoms with Gasteiger partial charge >= 0.3 is 5.97 Å². The molecule has 1 aromatic rings. The van der Waals surface area contributed by atoms with Crippen LogP contribution in [0.4, 0.5) is 0 Å². The Hall–Kier alpha value is -1.51. The molecule has 0 unspecified atom stereocenters. The van der Waals surface area contributed by atoms with Gasteiger partial charge in [0.05, 0.1) is 12.7 Å². The van der Waals surface area contributed by atoms with E-state index in [1.54, 1.807) is 25.3 Å². The van der Waals surface area contributed by atoms with Gasteiger partial charge < -0.3 is 9.84 Å². The maximum Gasteiger partial charge on any atom is 0.335 e. The van der Waals surface area contributed by atoms with E-state index >= 15 is 0 Å². The van der Waals surface area contributed by atoms with E-state index in [4.69, 9.17) is 9.84 Å². The molecule has 22 heavy (non-hydrogen) atoms. The number of aromatic carboxylic acids is 1. The highest BCUT2D eigenvalue weighted by atomic mass is 16.5. The second-order valence-electron chi connectivity index (χ2n) is 5.91. The molecule has 0 aliphatic carbocycles. The van der Waals surface area contributed by atoms with Crippen LogP contribution in [0.25, 0.3) is 0 Å². The second kappa shape index (κ2) is 11.1. The lowest BCUT2D eigenvalue weighted by atomic mass is 10.0. The number of ether oxygens (including phenoxy) is 1. The molecule has 1 rings (SSSR count). The van der Waals surface area contributed by atoms with Crippen LogP contribution < -0.4 is 4.74 Å². The Morgan fingerprint density at radius 3 is 2.14 bits per heavy atom. The van der Waals surface area contributed by atoms with Gasteiger partial charge in [0.15, 0.2) is 0 Å². The summed E-state index contributed by atoms with van der Waals surface area (Å²) in [5.74, 6) is -0.0828. The highest BCUT2D eigenvalue weighted by molar-refractivity contribution is 5.88. The number of methoxy groups -OCH3 is 1. The van der Waals surface area contributed by atoms with Gasteiger partial charge in [-0.05, 0) is 36.6 Å². The van der Waals surface area contributed by atoms with Crippen molar-refractivity contribution in [2.45, 2.75) is 71.1 Å². The molecule has 0 saturated heterocycles. The lowest BCUT2D eigenvalue weighted by Gasteiger charge is -2.09. The van der Waals surface area contributed by atoms with Gasteiger partial charge in [0.1, 0.15) is 5.75 Å². The average molecular weight is 306 g/mol. The predicted octanol–water partition coefficient (Wildman–Crippen LogP) is 5.47. The first kappa shape index (κ1) is 18.5. The first-order chi connectivity index (χ1) is 10.7. The minimum absolute atomic E-state index is 0.340. The quantitative estimate of drug-likeness (QED) is 0.521. The molecule has 0 radical (unpaired) electrons. The molecular formula is C19H30O3. The molecule has 0 heterocycles. The van der Waals surface area contributed by atoms with Gasteiger partial charge in [-0.15, -0.1) is 0 Å². The molecular weight excluding hydrogens is 276 g/mol. The van der Waals surface area contributed by atoms with Crippen LogP contribution >= 0.6 is 0 Å². The third kappa shape index (κ3) is 6.97. The molecule has 0 fully saturated rings. The van der Waals surface area contributed by atoms with Crippen molar-refractivity contribution in [1.29, 1.82) is 0 Å². The molecule has 0 aliphatic heterocycles. The molecule has 3 nitrogen and oxygen atoms in total. The lowest BCUT2D eigenvalue weighted by Crippen LogP contribution is -2.00. The average Bonchev–Trinajstić information content (AvgIpc) is 2.53. The van der Waals surface area contributed by atoms with Gasteiger partial charge in [-0.25, -0.2) is 4.79 Å².